The summed E-state index contributed by atoms with van der Waals surface area (Å²) in [5, 5.41) is 4.69. The molecule has 2 nitrogen and oxygen atoms in total. The van der Waals surface area contributed by atoms with Crippen LogP contribution in [0.15, 0.2) is 48.7 Å². The maximum atomic E-state index is 4.42. The monoisotopic (exact) mass is 262 g/mol. The average Bonchev–Trinajstić information content (AvgIpc) is 2.42. The summed E-state index contributed by atoms with van der Waals surface area (Å²) in [6, 6.07) is 14.8. The van der Waals surface area contributed by atoms with Crippen LogP contribution >= 0.6 is 0 Å². The standard InChI is InChI=1S/C18H18N2/c1-12-4-6-16(14(3)10-12)20-18-8-9-19-17-7-5-13(2)11-15(17)18/h4-11H,1-3H3,(H,19,20). The zero-order valence-electron chi connectivity index (χ0n) is 12.1. The van der Waals surface area contributed by atoms with E-state index in [2.05, 4.69) is 67.5 Å². The smallest absolute Gasteiger partial charge is 0.0723 e. The lowest BCUT2D eigenvalue weighted by atomic mass is 10.1. The van der Waals surface area contributed by atoms with Crippen LogP contribution in [0.3, 0.4) is 0 Å². The van der Waals surface area contributed by atoms with Gasteiger partial charge >= 0.3 is 0 Å². The molecule has 1 heterocycles. The average molecular weight is 262 g/mol. The van der Waals surface area contributed by atoms with Crippen molar-refractivity contribution in [3.8, 4) is 0 Å². The lowest BCUT2D eigenvalue weighted by molar-refractivity contribution is 1.36. The molecule has 2 aromatic carbocycles. The summed E-state index contributed by atoms with van der Waals surface area (Å²) in [5.74, 6) is 0. The Hall–Kier alpha value is -2.35. The van der Waals surface area contributed by atoms with Crippen molar-refractivity contribution in [2.45, 2.75) is 20.8 Å². The summed E-state index contributed by atoms with van der Waals surface area (Å²) >= 11 is 0. The van der Waals surface area contributed by atoms with E-state index in [1.807, 2.05) is 12.3 Å². The van der Waals surface area contributed by atoms with E-state index in [1.165, 1.54) is 16.7 Å². The van der Waals surface area contributed by atoms with Gasteiger partial charge in [0.2, 0.25) is 0 Å². The summed E-state index contributed by atoms with van der Waals surface area (Å²) in [6.45, 7) is 6.35. The fourth-order valence-electron chi connectivity index (χ4n) is 2.47. The van der Waals surface area contributed by atoms with Crippen LogP contribution in [0.2, 0.25) is 0 Å². The van der Waals surface area contributed by atoms with Gasteiger partial charge in [0.05, 0.1) is 5.52 Å². The fourth-order valence-corrected chi connectivity index (χ4v) is 2.47. The number of hydrogen-bond donors (Lipinski definition) is 1. The first-order chi connectivity index (χ1) is 9.63. The van der Waals surface area contributed by atoms with E-state index in [-0.39, 0.29) is 0 Å². The van der Waals surface area contributed by atoms with Crippen molar-refractivity contribution in [1.82, 2.24) is 4.98 Å². The molecule has 0 saturated carbocycles. The molecule has 0 bridgehead atoms. The third kappa shape index (κ3) is 2.37. The number of fused-ring (bicyclic) bond motifs is 1. The van der Waals surface area contributed by atoms with E-state index in [9.17, 15) is 0 Å². The van der Waals surface area contributed by atoms with Crippen LogP contribution in [0.1, 0.15) is 16.7 Å². The van der Waals surface area contributed by atoms with Crippen LogP contribution in [0.5, 0.6) is 0 Å². The number of hydrogen-bond acceptors (Lipinski definition) is 2. The predicted octanol–water partition coefficient (Wildman–Crippen LogP) is 4.90. The van der Waals surface area contributed by atoms with Gasteiger partial charge in [0.25, 0.3) is 0 Å². The second-order valence-corrected chi connectivity index (χ2v) is 5.32. The summed E-state index contributed by atoms with van der Waals surface area (Å²) in [6.07, 6.45) is 1.85. The Balaban J connectivity index is 2.08. The lowest BCUT2D eigenvalue weighted by Gasteiger charge is -2.12. The SMILES string of the molecule is Cc1ccc(Nc2ccnc3ccc(C)cc23)c(C)c1. The summed E-state index contributed by atoms with van der Waals surface area (Å²) < 4.78 is 0. The van der Waals surface area contributed by atoms with Gasteiger partial charge in [0.1, 0.15) is 0 Å². The Bertz CT molecular complexity index is 775. The Kier molecular flexibility index (Phi) is 3.15. The third-order valence-electron chi connectivity index (χ3n) is 3.55. The third-order valence-corrected chi connectivity index (χ3v) is 3.55. The quantitative estimate of drug-likeness (QED) is 0.710. The maximum Gasteiger partial charge on any atom is 0.0723 e. The molecule has 20 heavy (non-hydrogen) atoms. The molecule has 0 aliphatic heterocycles. The molecule has 1 N–H and O–H groups in total. The van der Waals surface area contributed by atoms with Gasteiger partial charge in [-0.1, -0.05) is 29.3 Å². The minimum absolute atomic E-state index is 1.02. The molecule has 0 spiro atoms. The van der Waals surface area contributed by atoms with E-state index in [1.54, 1.807) is 0 Å². The minimum Gasteiger partial charge on any atom is -0.355 e. The summed E-state index contributed by atoms with van der Waals surface area (Å²) in [4.78, 5) is 4.42. The van der Waals surface area contributed by atoms with E-state index >= 15 is 0 Å². The molecule has 0 unspecified atom stereocenters. The molecule has 1 aromatic heterocycles. The van der Waals surface area contributed by atoms with Crippen molar-refractivity contribution in [1.29, 1.82) is 0 Å². The van der Waals surface area contributed by atoms with E-state index < -0.39 is 0 Å². The normalized spacial score (nSPS) is 10.8. The van der Waals surface area contributed by atoms with Crippen molar-refractivity contribution in [2.24, 2.45) is 0 Å². The van der Waals surface area contributed by atoms with Crippen molar-refractivity contribution >= 4 is 22.3 Å². The second kappa shape index (κ2) is 4.97. The number of pyridine rings is 1. The predicted molar refractivity (Wildman–Crippen MR) is 85.7 cm³/mol. The first-order valence-electron chi connectivity index (χ1n) is 6.83. The van der Waals surface area contributed by atoms with E-state index in [0.717, 1.165) is 22.3 Å². The van der Waals surface area contributed by atoms with Crippen molar-refractivity contribution in [3.63, 3.8) is 0 Å². The molecule has 0 saturated heterocycles. The van der Waals surface area contributed by atoms with Crippen molar-refractivity contribution < 1.29 is 0 Å². The minimum atomic E-state index is 1.02. The number of anilines is 2. The Morgan fingerprint density at radius 1 is 0.800 bits per heavy atom. The summed E-state index contributed by atoms with van der Waals surface area (Å²) in [5.41, 5.74) is 7.04. The first-order valence-corrected chi connectivity index (χ1v) is 6.83. The summed E-state index contributed by atoms with van der Waals surface area (Å²) in [7, 11) is 0. The molecular weight excluding hydrogens is 244 g/mol. The molecule has 3 aromatic rings. The molecule has 0 fully saturated rings. The number of aromatic nitrogens is 1. The number of nitrogens with one attached hydrogen (secondary N) is 1. The van der Waals surface area contributed by atoms with Crippen LogP contribution in [-0.4, -0.2) is 4.98 Å². The highest BCUT2D eigenvalue weighted by atomic mass is 14.9. The molecule has 2 heteroatoms. The number of nitrogens with zero attached hydrogens (tertiary/aromatic N) is 1. The van der Waals surface area contributed by atoms with Gasteiger partial charge in [-0.15, -0.1) is 0 Å². The van der Waals surface area contributed by atoms with Gasteiger partial charge < -0.3 is 5.32 Å². The zero-order chi connectivity index (χ0) is 14.1. The van der Waals surface area contributed by atoms with Gasteiger partial charge in [0, 0.05) is 23.0 Å². The van der Waals surface area contributed by atoms with Crippen LogP contribution in [-0.2, 0) is 0 Å². The number of aryl methyl sites for hydroxylation is 3. The molecule has 0 aliphatic rings. The van der Waals surface area contributed by atoms with Crippen LogP contribution in [0, 0.1) is 20.8 Å². The highest BCUT2D eigenvalue weighted by Gasteiger charge is 2.04. The number of benzene rings is 2. The first kappa shape index (κ1) is 12.7. The van der Waals surface area contributed by atoms with Crippen molar-refractivity contribution in [3.05, 3.63) is 65.4 Å². The fraction of sp³-hybridized carbons (Fsp3) is 0.167. The molecular formula is C18H18N2. The molecule has 100 valence electrons. The zero-order valence-corrected chi connectivity index (χ0v) is 12.1. The molecule has 3 rings (SSSR count). The highest BCUT2D eigenvalue weighted by molar-refractivity contribution is 5.93. The second-order valence-electron chi connectivity index (χ2n) is 5.32. The Labute approximate surface area is 119 Å². The molecule has 0 aliphatic carbocycles. The lowest BCUT2D eigenvalue weighted by Crippen LogP contribution is -1.95. The van der Waals surface area contributed by atoms with Crippen LogP contribution in [0.4, 0.5) is 11.4 Å². The van der Waals surface area contributed by atoms with Gasteiger partial charge in [-0.05, 0) is 50.6 Å². The maximum absolute atomic E-state index is 4.42. The van der Waals surface area contributed by atoms with Crippen LogP contribution in [0.25, 0.3) is 10.9 Å². The van der Waals surface area contributed by atoms with E-state index in [4.69, 9.17) is 0 Å². The van der Waals surface area contributed by atoms with Crippen molar-refractivity contribution in [2.75, 3.05) is 5.32 Å². The van der Waals surface area contributed by atoms with Gasteiger partial charge in [-0.3, -0.25) is 4.98 Å². The molecule has 0 atom stereocenters. The van der Waals surface area contributed by atoms with E-state index in [0.29, 0.717) is 0 Å². The topological polar surface area (TPSA) is 24.9 Å². The van der Waals surface area contributed by atoms with Gasteiger partial charge in [-0.2, -0.15) is 0 Å². The largest absolute Gasteiger partial charge is 0.355 e. The van der Waals surface area contributed by atoms with Gasteiger partial charge in [0.15, 0.2) is 0 Å². The Morgan fingerprint density at radius 3 is 2.35 bits per heavy atom. The number of rotatable bonds is 2. The van der Waals surface area contributed by atoms with Gasteiger partial charge in [-0.25, -0.2) is 0 Å². The Morgan fingerprint density at radius 2 is 1.55 bits per heavy atom. The highest BCUT2D eigenvalue weighted by Crippen LogP contribution is 2.27. The molecule has 0 amide bonds. The molecule has 0 radical (unpaired) electrons. The van der Waals surface area contributed by atoms with Crippen LogP contribution < -0.4 is 5.32 Å².